The predicted molar refractivity (Wildman–Crippen MR) is 77.0 cm³/mol. The maximum absolute atomic E-state index is 6.13. The molecule has 0 saturated heterocycles. The lowest BCUT2D eigenvalue weighted by Crippen LogP contribution is -2.16. The van der Waals surface area contributed by atoms with Crippen LogP contribution in [-0.2, 0) is 6.42 Å². The summed E-state index contributed by atoms with van der Waals surface area (Å²) in [7, 11) is 0. The lowest BCUT2D eigenvalue weighted by Gasteiger charge is -2.27. The molecule has 2 heteroatoms. The molecule has 1 aliphatic heterocycles. The third-order valence-electron chi connectivity index (χ3n) is 3.50. The zero-order chi connectivity index (χ0) is 12.5. The first kappa shape index (κ1) is 11.8. The highest BCUT2D eigenvalue weighted by atomic mass is 79.9. The summed E-state index contributed by atoms with van der Waals surface area (Å²) in [5.41, 5.74) is 3.92. The SMILES string of the molecule is Cc1ccccc1C1CCc2cc(Br)ccc2O1. The van der Waals surface area contributed by atoms with Crippen LogP contribution in [0.1, 0.15) is 29.2 Å². The third-order valence-corrected chi connectivity index (χ3v) is 4.00. The highest BCUT2D eigenvalue weighted by Crippen LogP contribution is 2.36. The number of aryl methyl sites for hydroxylation is 2. The van der Waals surface area contributed by atoms with E-state index in [1.165, 1.54) is 16.7 Å². The van der Waals surface area contributed by atoms with Crippen molar-refractivity contribution >= 4 is 15.9 Å². The zero-order valence-corrected chi connectivity index (χ0v) is 11.9. The van der Waals surface area contributed by atoms with Crippen molar-refractivity contribution < 1.29 is 4.74 Å². The summed E-state index contributed by atoms with van der Waals surface area (Å²) in [5.74, 6) is 1.03. The first-order chi connectivity index (χ1) is 8.74. The van der Waals surface area contributed by atoms with Gasteiger partial charge in [-0.3, -0.25) is 0 Å². The second-order valence-electron chi connectivity index (χ2n) is 4.75. The first-order valence-electron chi connectivity index (χ1n) is 6.24. The molecule has 1 atom stereocenters. The monoisotopic (exact) mass is 302 g/mol. The number of halogens is 1. The summed E-state index contributed by atoms with van der Waals surface area (Å²) in [6.45, 7) is 2.15. The Morgan fingerprint density at radius 2 is 2.00 bits per heavy atom. The Morgan fingerprint density at radius 1 is 1.17 bits per heavy atom. The highest BCUT2D eigenvalue weighted by Gasteiger charge is 2.22. The third kappa shape index (κ3) is 2.17. The fraction of sp³-hybridized carbons (Fsp3) is 0.250. The molecule has 2 aromatic carbocycles. The van der Waals surface area contributed by atoms with Crippen LogP contribution in [0.25, 0.3) is 0 Å². The van der Waals surface area contributed by atoms with Crippen LogP contribution in [0.3, 0.4) is 0 Å². The van der Waals surface area contributed by atoms with Gasteiger partial charge >= 0.3 is 0 Å². The quantitative estimate of drug-likeness (QED) is 0.733. The maximum atomic E-state index is 6.13. The number of fused-ring (bicyclic) bond motifs is 1. The minimum absolute atomic E-state index is 0.194. The van der Waals surface area contributed by atoms with Gasteiger partial charge in [-0.1, -0.05) is 40.2 Å². The lowest BCUT2D eigenvalue weighted by atomic mass is 9.95. The smallest absolute Gasteiger partial charge is 0.124 e. The van der Waals surface area contributed by atoms with E-state index in [9.17, 15) is 0 Å². The van der Waals surface area contributed by atoms with E-state index in [1.807, 2.05) is 6.07 Å². The number of hydrogen-bond acceptors (Lipinski definition) is 1. The first-order valence-corrected chi connectivity index (χ1v) is 7.04. The summed E-state index contributed by atoms with van der Waals surface area (Å²) in [4.78, 5) is 0. The molecule has 1 unspecified atom stereocenters. The highest BCUT2D eigenvalue weighted by molar-refractivity contribution is 9.10. The van der Waals surface area contributed by atoms with Gasteiger partial charge in [0.25, 0.3) is 0 Å². The molecule has 1 aliphatic rings. The largest absolute Gasteiger partial charge is 0.485 e. The molecule has 0 N–H and O–H groups in total. The van der Waals surface area contributed by atoms with Crippen molar-refractivity contribution in [1.29, 1.82) is 0 Å². The summed E-state index contributed by atoms with van der Waals surface area (Å²) in [6, 6.07) is 14.7. The Kier molecular flexibility index (Phi) is 3.13. The van der Waals surface area contributed by atoms with Crippen LogP contribution in [0.15, 0.2) is 46.9 Å². The molecule has 0 aromatic heterocycles. The van der Waals surface area contributed by atoms with Crippen molar-refractivity contribution in [2.45, 2.75) is 25.9 Å². The van der Waals surface area contributed by atoms with Crippen LogP contribution in [-0.4, -0.2) is 0 Å². The van der Waals surface area contributed by atoms with Gasteiger partial charge in [0.2, 0.25) is 0 Å². The second-order valence-corrected chi connectivity index (χ2v) is 5.67. The summed E-state index contributed by atoms with van der Waals surface area (Å²) in [5, 5.41) is 0. The standard InChI is InChI=1S/C16H15BrO/c1-11-4-2-3-5-14(11)16-8-6-12-10-13(17)7-9-15(12)18-16/h2-5,7,9-10,16H,6,8H2,1H3. The summed E-state index contributed by atoms with van der Waals surface area (Å²) in [6.07, 6.45) is 2.32. The van der Waals surface area contributed by atoms with E-state index in [0.29, 0.717) is 0 Å². The Morgan fingerprint density at radius 3 is 2.83 bits per heavy atom. The van der Waals surface area contributed by atoms with Crippen molar-refractivity contribution in [2.24, 2.45) is 0 Å². The predicted octanol–water partition coefficient (Wildman–Crippen LogP) is 4.82. The average Bonchev–Trinajstić information content (AvgIpc) is 2.39. The van der Waals surface area contributed by atoms with Gasteiger partial charge in [0, 0.05) is 4.47 Å². The van der Waals surface area contributed by atoms with Gasteiger partial charge in [0.05, 0.1) is 0 Å². The van der Waals surface area contributed by atoms with E-state index in [4.69, 9.17) is 4.74 Å². The van der Waals surface area contributed by atoms with E-state index >= 15 is 0 Å². The van der Waals surface area contributed by atoms with Crippen LogP contribution >= 0.6 is 15.9 Å². The van der Waals surface area contributed by atoms with E-state index < -0.39 is 0 Å². The van der Waals surface area contributed by atoms with Gasteiger partial charge in [0.15, 0.2) is 0 Å². The normalized spacial score (nSPS) is 18.0. The fourth-order valence-corrected chi connectivity index (χ4v) is 2.93. The van der Waals surface area contributed by atoms with Crippen LogP contribution in [0, 0.1) is 6.92 Å². The van der Waals surface area contributed by atoms with Crippen molar-refractivity contribution in [3.05, 3.63) is 63.6 Å². The zero-order valence-electron chi connectivity index (χ0n) is 10.3. The minimum Gasteiger partial charge on any atom is -0.485 e. The van der Waals surface area contributed by atoms with Crippen LogP contribution in [0.5, 0.6) is 5.75 Å². The van der Waals surface area contributed by atoms with Crippen molar-refractivity contribution in [1.82, 2.24) is 0 Å². The van der Waals surface area contributed by atoms with Gasteiger partial charge in [-0.15, -0.1) is 0 Å². The molecular weight excluding hydrogens is 288 g/mol. The Hall–Kier alpha value is -1.28. The Labute approximate surface area is 116 Å². The van der Waals surface area contributed by atoms with E-state index in [-0.39, 0.29) is 6.10 Å². The number of rotatable bonds is 1. The topological polar surface area (TPSA) is 9.23 Å². The Bertz CT molecular complexity index is 577. The molecule has 92 valence electrons. The molecule has 0 bridgehead atoms. The van der Waals surface area contributed by atoms with Gasteiger partial charge in [-0.2, -0.15) is 0 Å². The average molecular weight is 303 g/mol. The molecular formula is C16H15BrO. The molecule has 1 heterocycles. The summed E-state index contributed by atoms with van der Waals surface area (Å²) < 4.78 is 7.26. The number of ether oxygens (including phenoxy) is 1. The van der Waals surface area contributed by atoms with E-state index in [2.05, 4.69) is 59.3 Å². The van der Waals surface area contributed by atoms with Gasteiger partial charge in [-0.05, 0) is 54.7 Å². The minimum atomic E-state index is 0.194. The van der Waals surface area contributed by atoms with Crippen LogP contribution in [0.2, 0.25) is 0 Å². The molecule has 1 nitrogen and oxygen atoms in total. The fourth-order valence-electron chi connectivity index (χ4n) is 2.52. The number of benzene rings is 2. The number of hydrogen-bond donors (Lipinski definition) is 0. The molecule has 0 radical (unpaired) electrons. The van der Waals surface area contributed by atoms with Gasteiger partial charge < -0.3 is 4.74 Å². The van der Waals surface area contributed by atoms with E-state index in [0.717, 1.165) is 23.1 Å². The second kappa shape index (κ2) is 4.77. The van der Waals surface area contributed by atoms with E-state index in [1.54, 1.807) is 0 Å². The molecule has 0 spiro atoms. The summed E-state index contributed by atoms with van der Waals surface area (Å²) >= 11 is 3.51. The molecule has 2 aromatic rings. The molecule has 0 fully saturated rings. The molecule has 18 heavy (non-hydrogen) atoms. The Balaban J connectivity index is 1.92. The molecule has 0 saturated carbocycles. The van der Waals surface area contributed by atoms with Gasteiger partial charge in [-0.25, -0.2) is 0 Å². The van der Waals surface area contributed by atoms with Crippen molar-refractivity contribution in [2.75, 3.05) is 0 Å². The van der Waals surface area contributed by atoms with Crippen molar-refractivity contribution in [3.8, 4) is 5.75 Å². The lowest BCUT2D eigenvalue weighted by molar-refractivity contribution is 0.176. The molecule has 0 amide bonds. The van der Waals surface area contributed by atoms with Crippen LogP contribution in [0.4, 0.5) is 0 Å². The molecule has 0 aliphatic carbocycles. The molecule has 3 rings (SSSR count). The van der Waals surface area contributed by atoms with Crippen molar-refractivity contribution in [3.63, 3.8) is 0 Å². The maximum Gasteiger partial charge on any atom is 0.124 e. The van der Waals surface area contributed by atoms with Gasteiger partial charge in [0.1, 0.15) is 11.9 Å². The van der Waals surface area contributed by atoms with Crippen LogP contribution < -0.4 is 4.74 Å².